The molecule has 1 N–H and O–H groups in total. The van der Waals surface area contributed by atoms with Crippen LogP contribution >= 0.6 is 0 Å². The molecule has 1 heterocycles. The van der Waals surface area contributed by atoms with Gasteiger partial charge in [0.15, 0.2) is 0 Å². The largest absolute Gasteiger partial charge is 0.333 e. The van der Waals surface area contributed by atoms with Gasteiger partial charge in [-0.3, -0.25) is 0 Å². The Hall–Kier alpha value is -0.830. The molecule has 0 aromatic carbocycles. The van der Waals surface area contributed by atoms with Crippen molar-refractivity contribution in [2.24, 2.45) is 0 Å². The molecule has 0 amide bonds. The molecule has 1 atom stereocenters. The number of likely N-dealkylation sites (N-methyl/N-ethyl adjacent to an activating group) is 1. The first-order chi connectivity index (χ1) is 6.27. The third-order valence-corrected chi connectivity index (χ3v) is 2.24. The standard InChI is InChI=1S/C10H19N3/c1-4-5-10-12-6-7-13(10)8-9(2)11-3/h6-7,9,11H,4-5,8H2,1-3H3. The van der Waals surface area contributed by atoms with E-state index in [0.717, 1.165) is 19.4 Å². The van der Waals surface area contributed by atoms with E-state index in [9.17, 15) is 0 Å². The van der Waals surface area contributed by atoms with Crippen molar-refractivity contribution in [2.75, 3.05) is 7.05 Å². The summed E-state index contributed by atoms with van der Waals surface area (Å²) >= 11 is 0. The van der Waals surface area contributed by atoms with Crippen molar-refractivity contribution in [1.29, 1.82) is 0 Å². The van der Waals surface area contributed by atoms with Crippen LogP contribution in [0.3, 0.4) is 0 Å². The first-order valence-corrected chi connectivity index (χ1v) is 4.95. The number of aromatic nitrogens is 2. The van der Waals surface area contributed by atoms with E-state index >= 15 is 0 Å². The number of hydrogen-bond donors (Lipinski definition) is 1. The third-order valence-electron chi connectivity index (χ3n) is 2.24. The molecule has 1 aromatic rings. The van der Waals surface area contributed by atoms with Gasteiger partial charge in [0.2, 0.25) is 0 Å². The summed E-state index contributed by atoms with van der Waals surface area (Å²) in [6, 6.07) is 0.504. The molecule has 1 aromatic heterocycles. The molecule has 13 heavy (non-hydrogen) atoms. The fourth-order valence-corrected chi connectivity index (χ4v) is 1.34. The summed E-state index contributed by atoms with van der Waals surface area (Å²) in [5.74, 6) is 1.20. The van der Waals surface area contributed by atoms with Crippen molar-refractivity contribution in [3.63, 3.8) is 0 Å². The van der Waals surface area contributed by atoms with Crippen molar-refractivity contribution >= 4 is 0 Å². The minimum atomic E-state index is 0.504. The summed E-state index contributed by atoms with van der Waals surface area (Å²) in [6.45, 7) is 5.36. The van der Waals surface area contributed by atoms with Crippen molar-refractivity contribution in [3.8, 4) is 0 Å². The van der Waals surface area contributed by atoms with E-state index in [1.807, 2.05) is 13.2 Å². The molecule has 3 heteroatoms. The van der Waals surface area contributed by atoms with E-state index in [2.05, 4.69) is 34.9 Å². The number of nitrogens with one attached hydrogen (secondary N) is 1. The molecule has 1 unspecified atom stereocenters. The van der Waals surface area contributed by atoms with Gasteiger partial charge in [-0.25, -0.2) is 4.98 Å². The van der Waals surface area contributed by atoms with Crippen LogP contribution in [0, 0.1) is 0 Å². The van der Waals surface area contributed by atoms with Crippen molar-refractivity contribution in [2.45, 2.75) is 39.3 Å². The van der Waals surface area contributed by atoms with Gasteiger partial charge in [0.25, 0.3) is 0 Å². The van der Waals surface area contributed by atoms with Gasteiger partial charge in [-0.2, -0.15) is 0 Å². The smallest absolute Gasteiger partial charge is 0.108 e. The fraction of sp³-hybridized carbons (Fsp3) is 0.700. The monoisotopic (exact) mass is 181 g/mol. The second-order valence-corrected chi connectivity index (χ2v) is 3.44. The molecule has 0 aliphatic rings. The molecule has 0 aliphatic heterocycles. The quantitative estimate of drug-likeness (QED) is 0.745. The van der Waals surface area contributed by atoms with E-state index in [4.69, 9.17) is 0 Å². The van der Waals surface area contributed by atoms with Crippen LogP contribution in [0.5, 0.6) is 0 Å². The van der Waals surface area contributed by atoms with Gasteiger partial charge < -0.3 is 9.88 Å². The van der Waals surface area contributed by atoms with Gasteiger partial charge in [-0.15, -0.1) is 0 Å². The number of hydrogen-bond acceptors (Lipinski definition) is 2. The van der Waals surface area contributed by atoms with E-state index in [1.165, 1.54) is 5.82 Å². The normalized spacial score (nSPS) is 13.2. The van der Waals surface area contributed by atoms with E-state index in [-0.39, 0.29) is 0 Å². The third kappa shape index (κ3) is 2.84. The maximum atomic E-state index is 4.33. The number of nitrogens with zero attached hydrogens (tertiary/aromatic N) is 2. The topological polar surface area (TPSA) is 29.9 Å². The lowest BCUT2D eigenvalue weighted by molar-refractivity contribution is 0.500. The predicted molar refractivity (Wildman–Crippen MR) is 54.7 cm³/mol. The molecule has 74 valence electrons. The van der Waals surface area contributed by atoms with Crippen molar-refractivity contribution in [1.82, 2.24) is 14.9 Å². The van der Waals surface area contributed by atoms with Crippen LogP contribution < -0.4 is 5.32 Å². The van der Waals surface area contributed by atoms with E-state index in [0.29, 0.717) is 6.04 Å². The van der Waals surface area contributed by atoms with Gasteiger partial charge in [0.1, 0.15) is 5.82 Å². The molecule has 0 fully saturated rings. The average Bonchev–Trinajstić information content (AvgIpc) is 2.54. The van der Waals surface area contributed by atoms with Crippen LogP contribution in [0.2, 0.25) is 0 Å². The van der Waals surface area contributed by atoms with Gasteiger partial charge in [-0.1, -0.05) is 6.92 Å². The summed E-state index contributed by atoms with van der Waals surface area (Å²) in [6.07, 6.45) is 6.17. The Kier molecular flexibility index (Phi) is 3.96. The summed E-state index contributed by atoms with van der Waals surface area (Å²) < 4.78 is 2.23. The number of rotatable bonds is 5. The van der Waals surface area contributed by atoms with E-state index < -0.39 is 0 Å². The second-order valence-electron chi connectivity index (χ2n) is 3.44. The van der Waals surface area contributed by atoms with Gasteiger partial charge in [0.05, 0.1) is 0 Å². The zero-order valence-corrected chi connectivity index (χ0v) is 8.75. The highest BCUT2D eigenvalue weighted by atomic mass is 15.1. The van der Waals surface area contributed by atoms with E-state index in [1.54, 1.807) is 0 Å². The molecular formula is C10H19N3. The Morgan fingerprint density at radius 2 is 2.38 bits per heavy atom. The number of imidazole rings is 1. The highest BCUT2D eigenvalue weighted by Gasteiger charge is 2.04. The fourth-order valence-electron chi connectivity index (χ4n) is 1.34. The van der Waals surface area contributed by atoms with Crippen LogP contribution in [-0.2, 0) is 13.0 Å². The summed E-state index contributed by atoms with van der Waals surface area (Å²) in [4.78, 5) is 4.33. The zero-order valence-electron chi connectivity index (χ0n) is 8.75. The maximum absolute atomic E-state index is 4.33. The van der Waals surface area contributed by atoms with Crippen molar-refractivity contribution < 1.29 is 0 Å². The Bertz CT molecular complexity index is 242. The molecule has 0 saturated heterocycles. The van der Waals surface area contributed by atoms with Crippen LogP contribution in [0.4, 0.5) is 0 Å². The summed E-state index contributed by atoms with van der Waals surface area (Å²) in [7, 11) is 1.99. The lowest BCUT2D eigenvalue weighted by Crippen LogP contribution is -2.27. The molecule has 1 rings (SSSR count). The van der Waals surface area contributed by atoms with Gasteiger partial charge in [-0.05, 0) is 20.4 Å². The highest BCUT2D eigenvalue weighted by molar-refractivity contribution is 4.93. The zero-order chi connectivity index (χ0) is 9.68. The van der Waals surface area contributed by atoms with Crippen LogP contribution in [-0.4, -0.2) is 22.6 Å². The Morgan fingerprint density at radius 1 is 1.62 bits per heavy atom. The van der Waals surface area contributed by atoms with Gasteiger partial charge >= 0.3 is 0 Å². The van der Waals surface area contributed by atoms with Crippen LogP contribution in [0.1, 0.15) is 26.1 Å². The molecule has 0 spiro atoms. The molecule has 0 radical (unpaired) electrons. The average molecular weight is 181 g/mol. The lowest BCUT2D eigenvalue weighted by atomic mass is 10.3. The van der Waals surface area contributed by atoms with Crippen molar-refractivity contribution in [3.05, 3.63) is 18.2 Å². The molecule has 0 aliphatic carbocycles. The first kappa shape index (κ1) is 10.3. The Morgan fingerprint density at radius 3 is 3.00 bits per heavy atom. The molecule has 0 bridgehead atoms. The lowest BCUT2D eigenvalue weighted by Gasteiger charge is -2.12. The van der Waals surface area contributed by atoms with Gasteiger partial charge in [0, 0.05) is 31.4 Å². The first-order valence-electron chi connectivity index (χ1n) is 4.95. The highest BCUT2D eigenvalue weighted by Crippen LogP contribution is 2.02. The maximum Gasteiger partial charge on any atom is 0.108 e. The molecule has 0 saturated carbocycles. The Labute approximate surface area is 80.2 Å². The number of aryl methyl sites for hydroxylation is 1. The minimum absolute atomic E-state index is 0.504. The second kappa shape index (κ2) is 5.02. The van der Waals surface area contributed by atoms with Crippen LogP contribution in [0.15, 0.2) is 12.4 Å². The summed E-state index contributed by atoms with van der Waals surface area (Å²) in [5.41, 5.74) is 0. The van der Waals surface area contributed by atoms with Crippen LogP contribution in [0.25, 0.3) is 0 Å². The molecule has 3 nitrogen and oxygen atoms in total. The SMILES string of the molecule is CCCc1nccn1CC(C)NC. The Balaban J connectivity index is 2.59. The summed E-state index contributed by atoms with van der Waals surface area (Å²) in [5, 5.41) is 3.22. The molecular weight excluding hydrogens is 162 g/mol. The minimum Gasteiger partial charge on any atom is -0.333 e. The predicted octanol–water partition coefficient (Wildman–Crippen LogP) is 1.44.